The van der Waals surface area contributed by atoms with E-state index in [1.54, 1.807) is 18.2 Å². The zero-order valence-corrected chi connectivity index (χ0v) is 12.6. The average Bonchev–Trinajstić information content (AvgIpc) is 2.51. The molecule has 0 spiro atoms. The van der Waals surface area contributed by atoms with E-state index in [1.165, 1.54) is 0 Å². The molecule has 0 aromatic heterocycles. The quantitative estimate of drug-likeness (QED) is 0.769. The Morgan fingerprint density at radius 1 is 1.30 bits per heavy atom. The van der Waals surface area contributed by atoms with Gasteiger partial charge in [-0.05, 0) is 37.5 Å². The summed E-state index contributed by atoms with van der Waals surface area (Å²) in [6.45, 7) is 6.53. The monoisotopic (exact) mass is 279 g/mol. The zero-order valence-electron chi connectivity index (χ0n) is 12.6. The lowest BCUT2D eigenvalue weighted by Crippen LogP contribution is -2.50. The van der Waals surface area contributed by atoms with Gasteiger partial charge in [0.1, 0.15) is 5.75 Å². The van der Waals surface area contributed by atoms with Crippen LogP contribution in [0.4, 0.5) is 0 Å². The molecular weight excluding hydrogens is 254 g/mol. The Bertz CT molecular complexity index is 419. The lowest BCUT2D eigenvalue weighted by Gasteiger charge is -2.30. The molecule has 4 heteroatoms. The molecule has 0 unspecified atom stereocenters. The third kappa shape index (κ3) is 4.23. The van der Waals surface area contributed by atoms with Gasteiger partial charge in [-0.2, -0.15) is 0 Å². The minimum atomic E-state index is -0.544. The number of hydrogen-bond acceptors (Lipinski definition) is 3. The van der Waals surface area contributed by atoms with Gasteiger partial charge < -0.3 is 15.2 Å². The van der Waals surface area contributed by atoms with Gasteiger partial charge in [-0.1, -0.05) is 26.8 Å². The third-order valence-electron chi connectivity index (χ3n) is 3.60. The van der Waals surface area contributed by atoms with E-state index in [0.29, 0.717) is 30.8 Å². The minimum Gasteiger partial charge on any atom is -0.494 e. The molecule has 0 aliphatic carbocycles. The molecule has 0 saturated carbocycles. The van der Waals surface area contributed by atoms with Gasteiger partial charge in [0.2, 0.25) is 0 Å². The van der Waals surface area contributed by atoms with Gasteiger partial charge in [0.15, 0.2) is 0 Å². The van der Waals surface area contributed by atoms with E-state index in [0.717, 1.165) is 6.42 Å². The predicted octanol–water partition coefficient (Wildman–Crippen LogP) is 2.76. The first-order valence-electron chi connectivity index (χ1n) is 7.27. The second kappa shape index (κ2) is 7.90. The lowest BCUT2D eigenvalue weighted by molar-refractivity contribution is 0.0817. The molecule has 1 aromatic rings. The van der Waals surface area contributed by atoms with Crippen LogP contribution in [0.15, 0.2) is 24.3 Å². The van der Waals surface area contributed by atoms with E-state index < -0.39 is 5.54 Å². The van der Waals surface area contributed by atoms with Crippen LogP contribution in [0.2, 0.25) is 0 Å². The number of aliphatic hydroxyl groups excluding tert-OH is 1. The third-order valence-corrected chi connectivity index (χ3v) is 3.60. The molecule has 2 N–H and O–H groups in total. The number of carbonyl (C=O) groups is 1. The first-order valence-corrected chi connectivity index (χ1v) is 7.27. The maximum atomic E-state index is 12.3. The minimum absolute atomic E-state index is 0.0578. The second-order valence-corrected chi connectivity index (χ2v) is 4.98. The largest absolute Gasteiger partial charge is 0.494 e. The second-order valence-electron chi connectivity index (χ2n) is 4.98. The zero-order chi connectivity index (χ0) is 15.0. The van der Waals surface area contributed by atoms with E-state index >= 15 is 0 Å². The van der Waals surface area contributed by atoms with Gasteiger partial charge in [-0.3, -0.25) is 4.79 Å². The van der Waals surface area contributed by atoms with Crippen LogP contribution in [0.1, 0.15) is 50.4 Å². The fraction of sp³-hybridized carbons (Fsp3) is 0.562. The first kappa shape index (κ1) is 16.5. The van der Waals surface area contributed by atoms with Crippen LogP contribution in [0.25, 0.3) is 0 Å². The fourth-order valence-corrected chi connectivity index (χ4v) is 1.95. The van der Waals surface area contributed by atoms with Gasteiger partial charge in [-0.25, -0.2) is 0 Å². The fourth-order valence-electron chi connectivity index (χ4n) is 1.95. The van der Waals surface area contributed by atoms with Crippen LogP contribution in [0.5, 0.6) is 5.75 Å². The van der Waals surface area contributed by atoms with E-state index in [1.807, 2.05) is 26.8 Å². The highest BCUT2D eigenvalue weighted by Gasteiger charge is 2.27. The molecule has 0 fully saturated rings. The molecule has 1 amide bonds. The summed E-state index contributed by atoms with van der Waals surface area (Å²) < 4.78 is 5.53. The van der Waals surface area contributed by atoms with Crippen LogP contribution in [0.3, 0.4) is 0 Å². The van der Waals surface area contributed by atoms with Crippen LogP contribution in [0, 0.1) is 0 Å². The topological polar surface area (TPSA) is 58.6 Å². The highest BCUT2D eigenvalue weighted by molar-refractivity contribution is 5.95. The molecular formula is C16H25NO3. The molecule has 0 atom stereocenters. The Labute approximate surface area is 121 Å². The van der Waals surface area contributed by atoms with Crippen molar-refractivity contribution < 1.29 is 14.6 Å². The number of carbonyl (C=O) groups excluding carboxylic acids is 1. The van der Waals surface area contributed by atoms with Gasteiger partial charge in [-0.15, -0.1) is 0 Å². The van der Waals surface area contributed by atoms with Gasteiger partial charge >= 0.3 is 0 Å². The summed E-state index contributed by atoms with van der Waals surface area (Å²) in [6, 6.07) is 7.13. The summed E-state index contributed by atoms with van der Waals surface area (Å²) in [5.41, 5.74) is 0.00973. The average molecular weight is 279 g/mol. The highest BCUT2D eigenvalue weighted by Crippen LogP contribution is 2.18. The van der Waals surface area contributed by atoms with E-state index in [9.17, 15) is 9.90 Å². The molecule has 20 heavy (non-hydrogen) atoms. The van der Waals surface area contributed by atoms with E-state index in [2.05, 4.69) is 5.32 Å². The molecule has 1 aromatic carbocycles. The van der Waals surface area contributed by atoms with Crippen molar-refractivity contribution in [2.24, 2.45) is 0 Å². The van der Waals surface area contributed by atoms with Crippen LogP contribution in [-0.4, -0.2) is 29.8 Å². The highest BCUT2D eigenvalue weighted by atomic mass is 16.5. The van der Waals surface area contributed by atoms with Crippen molar-refractivity contribution in [3.8, 4) is 5.75 Å². The number of aliphatic hydroxyl groups is 1. The number of rotatable bonds is 8. The van der Waals surface area contributed by atoms with Crippen molar-refractivity contribution >= 4 is 5.91 Å². The van der Waals surface area contributed by atoms with Gasteiger partial charge in [0, 0.05) is 5.56 Å². The van der Waals surface area contributed by atoms with E-state index in [-0.39, 0.29) is 12.5 Å². The Morgan fingerprint density at radius 2 is 2.00 bits per heavy atom. The summed E-state index contributed by atoms with van der Waals surface area (Å²) in [6.07, 6.45) is 2.31. The van der Waals surface area contributed by atoms with Crippen molar-refractivity contribution in [3.63, 3.8) is 0 Å². The normalized spacial score (nSPS) is 11.2. The smallest absolute Gasteiger partial charge is 0.251 e. The number of nitrogens with one attached hydrogen (secondary N) is 1. The first-order chi connectivity index (χ1) is 9.60. The maximum Gasteiger partial charge on any atom is 0.251 e. The van der Waals surface area contributed by atoms with E-state index in [4.69, 9.17) is 4.74 Å². The van der Waals surface area contributed by atoms with Crippen molar-refractivity contribution in [1.82, 2.24) is 5.32 Å². The summed E-state index contributed by atoms with van der Waals surface area (Å²) in [5.74, 6) is 0.520. The van der Waals surface area contributed by atoms with Crippen molar-refractivity contribution in [3.05, 3.63) is 29.8 Å². The van der Waals surface area contributed by atoms with Crippen LogP contribution < -0.4 is 10.1 Å². The van der Waals surface area contributed by atoms with Crippen LogP contribution in [-0.2, 0) is 0 Å². The molecule has 0 radical (unpaired) electrons. The number of amides is 1. The molecule has 0 heterocycles. The molecule has 1 rings (SSSR count). The predicted molar refractivity (Wildman–Crippen MR) is 80.1 cm³/mol. The molecule has 0 aliphatic heterocycles. The molecule has 4 nitrogen and oxygen atoms in total. The summed E-state index contributed by atoms with van der Waals surface area (Å²) >= 11 is 0. The summed E-state index contributed by atoms with van der Waals surface area (Å²) in [5, 5.41) is 12.4. The SMILES string of the molecule is CCCOc1cccc(C(=O)NC(CC)(CC)CO)c1. The Hall–Kier alpha value is -1.55. The number of ether oxygens (including phenoxy) is 1. The van der Waals surface area contributed by atoms with Crippen molar-refractivity contribution in [2.75, 3.05) is 13.2 Å². The molecule has 0 bridgehead atoms. The summed E-state index contributed by atoms with van der Waals surface area (Å²) in [7, 11) is 0. The Morgan fingerprint density at radius 3 is 2.55 bits per heavy atom. The number of benzene rings is 1. The number of hydrogen-bond donors (Lipinski definition) is 2. The van der Waals surface area contributed by atoms with Crippen molar-refractivity contribution in [1.29, 1.82) is 0 Å². The Kier molecular flexibility index (Phi) is 6.52. The Balaban J connectivity index is 2.81. The maximum absolute atomic E-state index is 12.3. The van der Waals surface area contributed by atoms with Gasteiger partial charge in [0.25, 0.3) is 5.91 Å². The summed E-state index contributed by atoms with van der Waals surface area (Å²) in [4.78, 5) is 12.3. The van der Waals surface area contributed by atoms with Gasteiger partial charge in [0.05, 0.1) is 18.8 Å². The molecule has 0 aliphatic rings. The molecule has 0 saturated heterocycles. The molecule has 112 valence electrons. The van der Waals surface area contributed by atoms with Crippen LogP contribution >= 0.6 is 0 Å². The standard InChI is InChI=1S/C16H25NO3/c1-4-10-20-14-9-7-8-13(11-14)15(19)17-16(5-2,6-3)12-18/h7-9,11,18H,4-6,10,12H2,1-3H3,(H,17,19). The van der Waals surface area contributed by atoms with Crippen molar-refractivity contribution in [2.45, 2.75) is 45.6 Å². The lowest BCUT2D eigenvalue weighted by atomic mass is 9.93.